The van der Waals surface area contributed by atoms with Gasteiger partial charge in [-0.1, -0.05) is 24.3 Å². The van der Waals surface area contributed by atoms with Gasteiger partial charge >= 0.3 is 0 Å². The van der Waals surface area contributed by atoms with Crippen LogP contribution in [0.5, 0.6) is 5.75 Å². The van der Waals surface area contributed by atoms with Crippen LogP contribution >= 0.6 is 0 Å². The molecule has 6 nitrogen and oxygen atoms in total. The fraction of sp³-hybridized carbons (Fsp3) is 0.350. The number of nitrogens with one attached hydrogen (secondary N) is 1. The first-order valence-electron chi connectivity index (χ1n) is 8.66. The topological polar surface area (TPSA) is 81.5 Å². The molecular weight excluding hydrogens is 332 g/mol. The second kappa shape index (κ2) is 8.99. The number of ether oxygens (including phenoxy) is 1. The predicted octanol–water partition coefficient (Wildman–Crippen LogP) is 4.13. The van der Waals surface area contributed by atoms with Gasteiger partial charge in [-0.2, -0.15) is 0 Å². The highest BCUT2D eigenvalue weighted by Crippen LogP contribution is 2.18. The van der Waals surface area contributed by atoms with Gasteiger partial charge in [-0.05, 0) is 57.4 Å². The van der Waals surface area contributed by atoms with Crippen molar-refractivity contribution in [2.24, 2.45) is 0 Å². The summed E-state index contributed by atoms with van der Waals surface area (Å²) in [6, 6.07) is 13.8. The van der Waals surface area contributed by atoms with Gasteiger partial charge in [0.15, 0.2) is 0 Å². The summed E-state index contributed by atoms with van der Waals surface area (Å²) in [5.74, 6) is 0.409. The van der Waals surface area contributed by atoms with Gasteiger partial charge < -0.3 is 10.1 Å². The van der Waals surface area contributed by atoms with Crippen molar-refractivity contribution in [1.82, 2.24) is 5.32 Å². The van der Waals surface area contributed by atoms with Crippen LogP contribution in [0.3, 0.4) is 0 Å². The number of benzene rings is 2. The lowest BCUT2D eigenvalue weighted by atomic mass is 10.1. The number of amides is 1. The zero-order valence-corrected chi connectivity index (χ0v) is 15.3. The van der Waals surface area contributed by atoms with E-state index in [0.717, 1.165) is 24.2 Å². The quantitative estimate of drug-likeness (QED) is 0.569. The van der Waals surface area contributed by atoms with Crippen LogP contribution in [-0.2, 0) is 6.42 Å². The van der Waals surface area contributed by atoms with Crippen molar-refractivity contribution in [2.45, 2.75) is 45.8 Å². The van der Waals surface area contributed by atoms with Crippen LogP contribution in [0.15, 0.2) is 48.5 Å². The molecule has 26 heavy (non-hydrogen) atoms. The molecule has 2 aromatic rings. The maximum absolute atomic E-state index is 12.3. The molecular formula is C20H24N2O4. The molecule has 1 amide bonds. The Labute approximate surface area is 153 Å². The van der Waals surface area contributed by atoms with E-state index >= 15 is 0 Å². The Morgan fingerprint density at radius 3 is 2.38 bits per heavy atom. The largest absolute Gasteiger partial charge is 0.491 e. The summed E-state index contributed by atoms with van der Waals surface area (Å²) in [6.45, 7) is 5.85. The van der Waals surface area contributed by atoms with Gasteiger partial charge in [0.25, 0.3) is 11.6 Å². The third kappa shape index (κ3) is 5.58. The molecule has 0 aliphatic heterocycles. The second-order valence-electron chi connectivity index (χ2n) is 6.50. The Morgan fingerprint density at radius 2 is 1.77 bits per heavy atom. The first-order valence-corrected chi connectivity index (χ1v) is 8.66. The maximum Gasteiger partial charge on any atom is 0.282 e. The normalized spacial score (nSPS) is 11.8. The molecule has 0 aliphatic rings. The summed E-state index contributed by atoms with van der Waals surface area (Å²) in [4.78, 5) is 22.8. The Kier molecular flexibility index (Phi) is 6.72. The predicted molar refractivity (Wildman–Crippen MR) is 101 cm³/mol. The summed E-state index contributed by atoms with van der Waals surface area (Å²) >= 11 is 0. The number of hydrogen-bond acceptors (Lipinski definition) is 4. The van der Waals surface area contributed by atoms with E-state index in [4.69, 9.17) is 4.74 Å². The van der Waals surface area contributed by atoms with E-state index in [1.807, 2.05) is 45.0 Å². The van der Waals surface area contributed by atoms with Gasteiger partial charge in [0.05, 0.1) is 11.0 Å². The van der Waals surface area contributed by atoms with Crippen LogP contribution in [0.25, 0.3) is 0 Å². The SMILES string of the molecule is CC(C)Oc1ccc(CC[C@@H](C)NC(=O)c2ccccc2[N+](=O)[O-])cc1. The summed E-state index contributed by atoms with van der Waals surface area (Å²) in [5.41, 5.74) is 1.05. The lowest BCUT2D eigenvalue weighted by Gasteiger charge is -2.14. The standard InChI is InChI=1S/C20H24N2O4/c1-14(2)26-17-12-10-16(11-13-17)9-8-15(3)21-20(23)18-6-4-5-7-19(18)22(24)25/h4-7,10-15H,8-9H2,1-3H3,(H,21,23)/t15-/m1/s1. The van der Waals surface area contributed by atoms with E-state index in [1.165, 1.54) is 12.1 Å². The molecule has 1 N–H and O–H groups in total. The van der Waals surface area contributed by atoms with Gasteiger partial charge in [0.1, 0.15) is 11.3 Å². The minimum Gasteiger partial charge on any atom is -0.491 e. The molecule has 0 bridgehead atoms. The van der Waals surface area contributed by atoms with Crippen molar-refractivity contribution in [3.8, 4) is 5.75 Å². The van der Waals surface area contributed by atoms with Gasteiger partial charge in [0.2, 0.25) is 0 Å². The summed E-state index contributed by atoms with van der Waals surface area (Å²) in [7, 11) is 0. The third-order valence-corrected chi connectivity index (χ3v) is 3.88. The fourth-order valence-electron chi connectivity index (χ4n) is 2.59. The number of rotatable bonds is 8. The molecule has 6 heteroatoms. The number of carbonyl (C=O) groups is 1. The number of nitro benzene ring substituents is 1. The number of hydrogen-bond donors (Lipinski definition) is 1. The highest BCUT2D eigenvalue weighted by molar-refractivity contribution is 5.98. The van der Waals surface area contributed by atoms with Crippen molar-refractivity contribution < 1.29 is 14.5 Å². The lowest BCUT2D eigenvalue weighted by molar-refractivity contribution is -0.385. The van der Waals surface area contributed by atoms with E-state index < -0.39 is 10.8 Å². The molecule has 2 rings (SSSR count). The summed E-state index contributed by atoms with van der Waals surface area (Å²) in [5, 5.41) is 13.9. The molecule has 1 atom stereocenters. The molecule has 0 saturated carbocycles. The maximum atomic E-state index is 12.3. The first kappa shape index (κ1) is 19.4. The molecule has 0 radical (unpaired) electrons. The van der Waals surface area contributed by atoms with Crippen LogP contribution in [0.1, 0.15) is 43.1 Å². The van der Waals surface area contributed by atoms with Gasteiger partial charge in [-0.3, -0.25) is 14.9 Å². The van der Waals surface area contributed by atoms with E-state index in [9.17, 15) is 14.9 Å². The molecule has 0 spiro atoms. The molecule has 0 aliphatic carbocycles. The number of carbonyl (C=O) groups excluding carboxylic acids is 1. The average molecular weight is 356 g/mol. The second-order valence-corrected chi connectivity index (χ2v) is 6.50. The van der Waals surface area contributed by atoms with E-state index in [2.05, 4.69) is 5.32 Å². The average Bonchev–Trinajstić information content (AvgIpc) is 2.60. The van der Waals surface area contributed by atoms with E-state index in [0.29, 0.717) is 0 Å². The van der Waals surface area contributed by atoms with Crippen LogP contribution in [0.2, 0.25) is 0 Å². The number of para-hydroxylation sites is 1. The van der Waals surface area contributed by atoms with Crippen LogP contribution < -0.4 is 10.1 Å². The van der Waals surface area contributed by atoms with Crippen molar-refractivity contribution in [1.29, 1.82) is 0 Å². The van der Waals surface area contributed by atoms with E-state index in [1.54, 1.807) is 12.1 Å². The van der Waals surface area contributed by atoms with Crippen molar-refractivity contribution in [3.05, 3.63) is 69.8 Å². The molecule has 0 unspecified atom stereocenters. The molecule has 2 aromatic carbocycles. The number of nitro groups is 1. The summed E-state index contributed by atoms with van der Waals surface area (Å²) in [6.07, 6.45) is 1.66. The van der Waals surface area contributed by atoms with Crippen molar-refractivity contribution in [2.75, 3.05) is 0 Å². The van der Waals surface area contributed by atoms with Crippen LogP contribution in [-0.4, -0.2) is 23.0 Å². The zero-order valence-electron chi connectivity index (χ0n) is 15.3. The molecule has 138 valence electrons. The van der Waals surface area contributed by atoms with Crippen molar-refractivity contribution in [3.63, 3.8) is 0 Å². The van der Waals surface area contributed by atoms with Gasteiger partial charge in [-0.15, -0.1) is 0 Å². The number of nitrogens with zero attached hydrogens (tertiary/aromatic N) is 1. The lowest BCUT2D eigenvalue weighted by Crippen LogP contribution is -2.33. The van der Waals surface area contributed by atoms with E-state index in [-0.39, 0.29) is 23.4 Å². The monoisotopic (exact) mass is 356 g/mol. The highest BCUT2D eigenvalue weighted by atomic mass is 16.6. The zero-order chi connectivity index (χ0) is 19.1. The Balaban J connectivity index is 1.90. The third-order valence-electron chi connectivity index (χ3n) is 3.88. The van der Waals surface area contributed by atoms with Crippen LogP contribution in [0, 0.1) is 10.1 Å². The number of aryl methyl sites for hydroxylation is 1. The van der Waals surface area contributed by atoms with Gasteiger partial charge in [0, 0.05) is 12.1 Å². The Morgan fingerprint density at radius 1 is 1.12 bits per heavy atom. The Bertz CT molecular complexity index is 757. The highest BCUT2D eigenvalue weighted by Gasteiger charge is 2.20. The molecule has 0 saturated heterocycles. The van der Waals surface area contributed by atoms with Crippen LogP contribution in [0.4, 0.5) is 5.69 Å². The fourth-order valence-corrected chi connectivity index (χ4v) is 2.59. The molecule has 0 fully saturated rings. The minimum atomic E-state index is -0.541. The first-order chi connectivity index (χ1) is 12.4. The van der Waals surface area contributed by atoms with Gasteiger partial charge in [-0.25, -0.2) is 0 Å². The molecule has 0 aromatic heterocycles. The Hall–Kier alpha value is -2.89. The summed E-state index contributed by atoms with van der Waals surface area (Å²) < 4.78 is 5.61. The van der Waals surface area contributed by atoms with Crippen molar-refractivity contribution >= 4 is 11.6 Å². The molecule has 0 heterocycles. The minimum absolute atomic E-state index is 0.0829. The smallest absolute Gasteiger partial charge is 0.282 e.